The van der Waals surface area contributed by atoms with E-state index < -0.39 is 0 Å². The zero-order valence-electron chi connectivity index (χ0n) is 10.6. The summed E-state index contributed by atoms with van der Waals surface area (Å²) in [6, 6.07) is 6.05. The van der Waals surface area contributed by atoms with Gasteiger partial charge in [-0.25, -0.2) is 0 Å². The molecule has 2 nitrogen and oxygen atoms in total. The van der Waals surface area contributed by atoms with Crippen molar-refractivity contribution in [3.63, 3.8) is 0 Å². The van der Waals surface area contributed by atoms with Crippen LogP contribution in [-0.2, 0) is 6.54 Å². The molecule has 1 unspecified atom stereocenters. The number of benzene rings is 1. The minimum absolute atomic E-state index is 0.177. The number of nitrogens with zero attached hydrogens (tertiary/aromatic N) is 1. The molecule has 1 fully saturated rings. The van der Waals surface area contributed by atoms with Crippen LogP contribution < -0.4 is 0 Å². The Hall–Kier alpha value is -0.0900. The number of piperidine rings is 1. The normalized spacial score (nSPS) is 20.0. The van der Waals surface area contributed by atoms with Gasteiger partial charge in [0.05, 0.1) is 6.10 Å². The van der Waals surface area contributed by atoms with Gasteiger partial charge in [-0.15, -0.1) is 0 Å². The second-order valence-corrected chi connectivity index (χ2v) is 6.41. The highest BCUT2D eigenvalue weighted by Gasteiger charge is 2.22. The van der Waals surface area contributed by atoms with Crippen molar-refractivity contribution in [2.75, 3.05) is 13.1 Å². The molecule has 0 radical (unpaired) electrons. The maximum atomic E-state index is 9.58. The first-order valence-corrected chi connectivity index (χ1v) is 7.57. The zero-order valence-corrected chi connectivity index (χ0v) is 12.9. The molecule has 2 rings (SSSR count). The van der Waals surface area contributed by atoms with Crippen LogP contribution >= 0.6 is 27.5 Å². The van der Waals surface area contributed by atoms with Gasteiger partial charge in [0.15, 0.2) is 0 Å². The molecule has 1 saturated heterocycles. The van der Waals surface area contributed by atoms with Crippen molar-refractivity contribution < 1.29 is 5.11 Å². The molecular formula is C14H19BrClNO. The Labute approximate surface area is 122 Å². The lowest BCUT2D eigenvalue weighted by molar-refractivity contribution is 0.0695. The van der Waals surface area contributed by atoms with Gasteiger partial charge in [-0.05, 0) is 56.5 Å². The van der Waals surface area contributed by atoms with Gasteiger partial charge in [0.25, 0.3) is 0 Å². The summed E-state index contributed by atoms with van der Waals surface area (Å²) in [5, 5.41) is 10.4. The van der Waals surface area contributed by atoms with E-state index in [1.807, 2.05) is 19.1 Å². The molecule has 0 aliphatic carbocycles. The van der Waals surface area contributed by atoms with E-state index in [4.69, 9.17) is 11.6 Å². The van der Waals surface area contributed by atoms with Crippen LogP contribution in [0.5, 0.6) is 0 Å². The maximum absolute atomic E-state index is 9.58. The summed E-state index contributed by atoms with van der Waals surface area (Å²) in [7, 11) is 0. The van der Waals surface area contributed by atoms with Crippen LogP contribution in [0.1, 0.15) is 25.3 Å². The fourth-order valence-corrected chi connectivity index (χ4v) is 3.22. The minimum Gasteiger partial charge on any atom is -0.393 e. The molecular weight excluding hydrogens is 314 g/mol. The van der Waals surface area contributed by atoms with Crippen molar-refractivity contribution in [3.8, 4) is 0 Å². The molecule has 1 atom stereocenters. The smallest absolute Gasteiger partial charge is 0.0541 e. The number of hydrogen-bond acceptors (Lipinski definition) is 2. The number of halogens is 2. The van der Waals surface area contributed by atoms with E-state index in [0.717, 1.165) is 42.0 Å². The third-order valence-corrected chi connectivity index (χ3v) is 4.57. The molecule has 0 saturated carbocycles. The summed E-state index contributed by atoms with van der Waals surface area (Å²) < 4.78 is 1.02. The largest absolute Gasteiger partial charge is 0.393 e. The lowest BCUT2D eigenvalue weighted by atomic mass is 9.92. The SMILES string of the molecule is CC(O)C1CCN(Cc2ccc(Br)cc2Cl)CC1. The monoisotopic (exact) mass is 331 g/mol. The van der Waals surface area contributed by atoms with Crippen molar-refractivity contribution in [3.05, 3.63) is 33.3 Å². The lowest BCUT2D eigenvalue weighted by Crippen LogP contribution is -2.36. The fourth-order valence-electron chi connectivity index (χ4n) is 2.48. The molecule has 100 valence electrons. The second-order valence-electron chi connectivity index (χ2n) is 5.09. The molecule has 0 amide bonds. The third kappa shape index (κ3) is 3.70. The Morgan fingerprint density at radius 2 is 2.11 bits per heavy atom. The van der Waals surface area contributed by atoms with Crippen LogP contribution in [0.3, 0.4) is 0 Å². The van der Waals surface area contributed by atoms with Gasteiger partial charge in [-0.3, -0.25) is 4.90 Å². The Morgan fingerprint density at radius 3 is 2.67 bits per heavy atom. The average Bonchev–Trinajstić information content (AvgIpc) is 2.33. The summed E-state index contributed by atoms with van der Waals surface area (Å²) in [6.07, 6.45) is 1.97. The quantitative estimate of drug-likeness (QED) is 0.912. The van der Waals surface area contributed by atoms with E-state index in [2.05, 4.69) is 26.9 Å². The molecule has 1 aromatic rings. The minimum atomic E-state index is -0.177. The van der Waals surface area contributed by atoms with Crippen molar-refractivity contribution in [1.82, 2.24) is 4.90 Å². The summed E-state index contributed by atoms with van der Waals surface area (Å²) in [5.41, 5.74) is 1.18. The summed E-state index contributed by atoms with van der Waals surface area (Å²) >= 11 is 9.65. The van der Waals surface area contributed by atoms with Gasteiger partial charge in [0.2, 0.25) is 0 Å². The van der Waals surface area contributed by atoms with Crippen molar-refractivity contribution >= 4 is 27.5 Å². The standard InChI is InChI=1S/C14H19BrClNO/c1-10(18)11-4-6-17(7-5-11)9-12-2-3-13(15)8-14(12)16/h2-3,8,10-11,18H,4-7,9H2,1H3. The third-order valence-electron chi connectivity index (χ3n) is 3.72. The predicted octanol–water partition coefficient (Wildman–Crippen LogP) is 3.70. The van der Waals surface area contributed by atoms with Crippen molar-refractivity contribution in [2.45, 2.75) is 32.4 Å². The first-order valence-electron chi connectivity index (χ1n) is 6.40. The Kier molecular flexibility index (Phi) is 5.07. The molecule has 1 aromatic carbocycles. The predicted molar refractivity (Wildman–Crippen MR) is 78.8 cm³/mol. The molecule has 0 bridgehead atoms. The molecule has 1 heterocycles. The van der Waals surface area contributed by atoms with E-state index in [0.29, 0.717) is 5.92 Å². The topological polar surface area (TPSA) is 23.5 Å². The molecule has 0 spiro atoms. The van der Waals surface area contributed by atoms with Gasteiger partial charge >= 0.3 is 0 Å². The van der Waals surface area contributed by atoms with E-state index in [1.54, 1.807) is 0 Å². The first-order chi connectivity index (χ1) is 8.56. The maximum Gasteiger partial charge on any atom is 0.0541 e. The van der Waals surface area contributed by atoms with Crippen LogP contribution in [0.15, 0.2) is 22.7 Å². The van der Waals surface area contributed by atoms with E-state index in [-0.39, 0.29) is 6.10 Å². The van der Waals surface area contributed by atoms with Crippen LogP contribution in [0.2, 0.25) is 5.02 Å². The number of likely N-dealkylation sites (tertiary alicyclic amines) is 1. The first kappa shape index (κ1) is 14.3. The van der Waals surface area contributed by atoms with E-state index in [1.165, 1.54) is 5.56 Å². The summed E-state index contributed by atoms with van der Waals surface area (Å²) in [5.74, 6) is 0.460. The highest BCUT2D eigenvalue weighted by atomic mass is 79.9. The van der Waals surface area contributed by atoms with Gasteiger partial charge in [0, 0.05) is 16.0 Å². The van der Waals surface area contributed by atoms with E-state index >= 15 is 0 Å². The number of aliphatic hydroxyl groups excluding tert-OH is 1. The lowest BCUT2D eigenvalue weighted by Gasteiger charge is -2.33. The van der Waals surface area contributed by atoms with Crippen LogP contribution in [0.4, 0.5) is 0 Å². The molecule has 1 aliphatic rings. The summed E-state index contributed by atoms with van der Waals surface area (Å²) in [4.78, 5) is 2.41. The van der Waals surface area contributed by atoms with E-state index in [9.17, 15) is 5.11 Å². The van der Waals surface area contributed by atoms with Crippen LogP contribution in [-0.4, -0.2) is 29.2 Å². The molecule has 1 N–H and O–H groups in total. The Balaban J connectivity index is 1.91. The average molecular weight is 333 g/mol. The number of aliphatic hydroxyl groups is 1. The van der Waals surface area contributed by atoms with Gasteiger partial charge in [-0.2, -0.15) is 0 Å². The fraction of sp³-hybridized carbons (Fsp3) is 0.571. The highest BCUT2D eigenvalue weighted by Crippen LogP contribution is 2.26. The van der Waals surface area contributed by atoms with Crippen LogP contribution in [0.25, 0.3) is 0 Å². The Bertz CT molecular complexity index is 403. The molecule has 4 heteroatoms. The summed E-state index contributed by atoms with van der Waals surface area (Å²) in [6.45, 7) is 4.88. The van der Waals surface area contributed by atoms with Gasteiger partial charge in [0.1, 0.15) is 0 Å². The van der Waals surface area contributed by atoms with Crippen LogP contribution in [0, 0.1) is 5.92 Å². The Morgan fingerprint density at radius 1 is 1.44 bits per heavy atom. The number of hydrogen-bond donors (Lipinski definition) is 1. The van der Waals surface area contributed by atoms with Gasteiger partial charge in [-0.1, -0.05) is 33.6 Å². The zero-order chi connectivity index (χ0) is 13.1. The van der Waals surface area contributed by atoms with Crippen molar-refractivity contribution in [1.29, 1.82) is 0 Å². The molecule has 0 aromatic heterocycles. The highest BCUT2D eigenvalue weighted by molar-refractivity contribution is 9.10. The molecule has 18 heavy (non-hydrogen) atoms. The number of rotatable bonds is 3. The molecule has 1 aliphatic heterocycles. The second kappa shape index (κ2) is 6.38. The van der Waals surface area contributed by atoms with Gasteiger partial charge < -0.3 is 5.11 Å². The van der Waals surface area contributed by atoms with Crippen molar-refractivity contribution in [2.24, 2.45) is 5.92 Å².